The van der Waals surface area contributed by atoms with E-state index < -0.39 is 11.7 Å². The molecule has 20 heavy (non-hydrogen) atoms. The number of halogens is 3. The molecule has 0 amide bonds. The fourth-order valence-electron chi connectivity index (χ4n) is 2.27. The van der Waals surface area contributed by atoms with Crippen LogP contribution in [0.4, 0.5) is 13.2 Å². The van der Waals surface area contributed by atoms with Crippen molar-refractivity contribution >= 4 is 0 Å². The zero-order valence-electron chi connectivity index (χ0n) is 11.5. The Labute approximate surface area is 117 Å². The quantitative estimate of drug-likeness (QED) is 0.835. The van der Waals surface area contributed by atoms with Crippen molar-refractivity contribution < 1.29 is 17.9 Å². The lowest BCUT2D eigenvalue weighted by Gasteiger charge is -2.29. The Bertz CT molecular complexity index is 425. The summed E-state index contributed by atoms with van der Waals surface area (Å²) in [6.07, 6.45) is -2.23. The molecular weight excluding hydrogens is 267 g/mol. The second kappa shape index (κ2) is 6.48. The third-order valence-electron chi connectivity index (χ3n) is 3.57. The summed E-state index contributed by atoms with van der Waals surface area (Å²) >= 11 is 0. The van der Waals surface area contributed by atoms with Gasteiger partial charge in [-0.2, -0.15) is 13.2 Å². The molecule has 1 heterocycles. The lowest BCUT2D eigenvalue weighted by atomic mass is 9.99. The molecule has 1 aliphatic heterocycles. The van der Waals surface area contributed by atoms with Crippen LogP contribution in [0.3, 0.4) is 0 Å². The minimum Gasteiger partial charge on any atom is -0.492 e. The highest BCUT2D eigenvalue weighted by molar-refractivity contribution is 5.35. The van der Waals surface area contributed by atoms with Gasteiger partial charge in [0.2, 0.25) is 0 Å². The summed E-state index contributed by atoms with van der Waals surface area (Å²) in [5.74, 6) is 1.41. The van der Waals surface area contributed by atoms with Gasteiger partial charge in [-0.05, 0) is 44.0 Å². The number of piperidine rings is 1. The summed E-state index contributed by atoms with van der Waals surface area (Å²) in [7, 11) is 0. The van der Waals surface area contributed by atoms with Crippen LogP contribution < -0.4 is 4.74 Å². The summed E-state index contributed by atoms with van der Waals surface area (Å²) in [4.78, 5) is 2.23. The number of hydrogen-bond acceptors (Lipinski definition) is 2. The summed E-state index contributed by atoms with van der Waals surface area (Å²) < 4.78 is 43.7. The molecule has 0 aliphatic carbocycles. The van der Waals surface area contributed by atoms with Crippen molar-refractivity contribution in [1.82, 2.24) is 4.90 Å². The molecule has 2 nitrogen and oxygen atoms in total. The molecule has 1 saturated heterocycles. The standard InChI is InChI=1S/C15H19F3NO/c1-12-6-8-19(9-7-12)10-11-20-14-5-3-2-4-13(14)15(16,17)18/h2-5H,6-11H2,1H3. The van der Waals surface area contributed by atoms with Crippen LogP contribution in [-0.4, -0.2) is 31.1 Å². The molecule has 1 radical (unpaired) electrons. The highest BCUT2D eigenvalue weighted by Gasteiger charge is 2.34. The minimum absolute atomic E-state index is 0.0836. The average Bonchev–Trinajstić information content (AvgIpc) is 2.40. The van der Waals surface area contributed by atoms with Crippen LogP contribution in [0.1, 0.15) is 25.3 Å². The Hall–Kier alpha value is -1.23. The number of benzene rings is 1. The summed E-state index contributed by atoms with van der Waals surface area (Å²) in [5, 5.41) is 0. The molecule has 1 fully saturated rings. The molecule has 1 aliphatic rings. The van der Waals surface area contributed by atoms with Gasteiger partial charge in [-0.15, -0.1) is 0 Å². The Morgan fingerprint density at radius 1 is 1.15 bits per heavy atom. The highest BCUT2D eigenvalue weighted by atomic mass is 19.4. The third-order valence-corrected chi connectivity index (χ3v) is 3.57. The molecule has 0 atom stereocenters. The monoisotopic (exact) mass is 286 g/mol. The van der Waals surface area contributed by atoms with Gasteiger partial charge >= 0.3 is 6.18 Å². The van der Waals surface area contributed by atoms with Gasteiger partial charge in [0, 0.05) is 6.54 Å². The molecule has 0 saturated carbocycles. The van der Waals surface area contributed by atoms with Crippen LogP contribution in [0.2, 0.25) is 0 Å². The van der Waals surface area contributed by atoms with E-state index in [0.29, 0.717) is 6.54 Å². The van der Waals surface area contributed by atoms with Crippen LogP contribution in [0, 0.1) is 5.92 Å². The lowest BCUT2D eigenvalue weighted by molar-refractivity contribution is -0.139. The van der Waals surface area contributed by atoms with Gasteiger partial charge in [-0.25, -0.2) is 0 Å². The number of rotatable bonds is 4. The molecule has 0 spiro atoms. The van der Waals surface area contributed by atoms with Crippen molar-refractivity contribution in [2.75, 3.05) is 26.2 Å². The van der Waals surface area contributed by atoms with Crippen molar-refractivity contribution in [3.05, 3.63) is 35.7 Å². The zero-order chi connectivity index (χ0) is 14.6. The largest absolute Gasteiger partial charge is 0.492 e. The molecule has 2 rings (SSSR count). The van der Waals surface area contributed by atoms with Crippen LogP contribution in [-0.2, 0) is 6.18 Å². The molecule has 111 valence electrons. The molecule has 1 aromatic rings. The first kappa shape index (κ1) is 15.2. The van der Waals surface area contributed by atoms with Gasteiger partial charge in [0.25, 0.3) is 0 Å². The highest BCUT2D eigenvalue weighted by Crippen LogP contribution is 2.35. The molecule has 1 aromatic carbocycles. The molecular formula is C15H19F3NO. The lowest BCUT2D eigenvalue weighted by Crippen LogP contribution is -2.35. The van der Waals surface area contributed by atoms with E-state index in [1.54, 1.807) is 6.07 Å². The third kappa shape index (κ3) is 4.13. The number of likely N-dealkylation sites (tertiary alicyclic amines) is 1. The number of hydrogen-bond donors (Lipinski definition) is 0. The molecule has 5 heteroatoms. The average molecular weight is 286 g/mol. The fourth-order valence-corrected chi connectivity index (χ4v) is 2.27. The normalized spacial score (nSPS) is 18.2. The number of nitrogens with zero attached hydrogens (tertiary/aromatic N) is 1. The SMILES string of the molecule is C[C]1CCN(CCOc2ccccc2C(F)(F)F)CC1. The van der Waals surface area contributed by atoms with E-state index in [4.69, 9.17) is 4.74 Å². The number of alkyl halides is 3. The summed E-state index contributed by atoms with van der Waals surface area (Å²) in [6, 6.07) is 5.36. The molecule has 0 unspecified atom stereocenters. The fraction of sp³-hybridized carbons (Fsp3) is 0.533. The Morgan fingerprint density at radius 2 is 1.80 bits per heavy atom. The second-order valence-electron chi connectivity index (χ2n) is 5.14. The van der Waals surface area contributed by atoms with Gasteiger partial charge in [-0.3, -0.25) is 4.90 Å². The van der Waals surface area contributed by atoms with Gasteiger partial charge in [0.15, 0.2) is 0 Å². The van der Waals surface area contributed by atoms with Crippen molar-refractivity contribution in [3.8, 4) is 5.75 Å². The van der Waals surface area contributed by atoms with Gasteiger partial charge in [0.05, 0.1) is 5.56 Å². The van der Waals surface area contributed by atoms with E-state index in [0.717, 1.165) is 32.0 Å². The molecule has 0 aromatic heterocycles. The maximum atomic E-state index is 12.8. The Morgan fingerprint density at radius 3 is 2.45 bits per heavy atom. The molecule has 0 bridgehead atoms. The topological polar surface area (TPSA) is 12.5 Å². The van der Waals surface area contributed by atoms with Gasteiger partial charge < -0.3 is 4.74 Å². The Kier molecular flexibility index (Phi) is 4.91. The van der Waals surface area contributed by atoms with E-state index in [2.05, 4.69) is 11.8 Å². The van der Waals surface area contributed by atoms with E-state index in [9.17, 15) is 13.2 Å². The first-order chi connectivity index (χ1) is 9.47. The second-order valence-corrected chi connectivity index (χ2v) is 5.14. The Balaban J connectivity index is 1.85. The maximum Gasteiger partial charge on any atom is 0.419 e. The van der Waals surface area contributed by atoms with Crippen LogP contribution in [0.15, 0.2) is 24.3 Å². The van der Waals surface area contributed by atoms with Crippen molar-refractivity contribution in [2.45, 2.75) is 25.9 Å². The van der Waals surface area contributed by atoms with Crippen molar-refractivity contribution in [1.29, 1.82) is 0 Å². The van der Waals surface area contributed by atoms with Gasteiger partial charge in [0.1, 0.15) is 12.4 Å². The summed E-state index contributed by atoms with van der Waals surface area (Å²) in [6.45, 7) is 5.03. The first-order valence-electron chi connectivity index (χ1n) is 6.79. The first-order valence-corrected chi connectivity index (χ1v) is 6.79. The number of para-hydroxylation sites is 1. The summed E-state index contributed by atoms with van der Waals surface area (Å²) in [5.41, 5.74) is -0.706. The van der Waals surface area contributed by atoms with Crippen molar-refractivity contribution in [2.24, 2.45) is 0 Å². The number of ether oxygens (including phenoxy) is 1. The van der Waals surface area contributed by atoms with Crippen LogP contribution in [0.5, 0.6) is 5.75 Å². The van der Waals surface area contributed by atoms with E-state index in [1.165, 1.54) is 18.1 Å². The maximum absolute atomic E-state index is 12.8. The van der Waals surface area contributed by atoms with Crippen molar-refractivity contribution in [3.63, 3.8) is 0 Å². The van der Waals surface area contributed by atoms with E-state index in [-0.39, 0.29) is 12.4 Å². The predicted octanol–water partition coefficient (Wildman–Crippen LogP) is 3.77. The minimum atomic E-state index is -4.37. The van der Waals surface area contributed by atoms with E-state index >= 15 is 0 Å². The van der Waals surface area contributed by atoms with Gasteiger partial charge in [-0.1, -0.05) is 19.1 Å². The molecule has 0 N–H and O–H groups in total. The zero-order valence-corrected chi connectivity index (χ0v) is 11.5. The van der Waals surface area contributed by atoms with E-state index in [1.807, 2.05) is 0 Å². The van der Waals surface area contributed by atoms with Crippen LogP contribution in [0.25, 0.3) is 0 Å². The predicted molar refractivity (Wildman–Crippen MR) is 71.5 cm³/mol. The smallest absolute Gasteiger partial charge is 0.419 e. The van der Waals surface area contributed by atoms with Crippen LogP contribution >= 0.6 is 0 Å².